The zero-order valence-electron chi connectivity index (χ0n) is 14.2. The molecule has 0 N–H and O–H groups in total. The minimum atomic E-state index is -0.174. The highest BCUT2D eigenvalue weighted by molar-refractivity contribution is 5.77. The molecule has 0 radical (unpaired) electrons. The maximum absolute atomic E-state index is 12.5. The number of hydrogen-bond donors (Lipinski definition) is 0. The van der Waals surface area contributed by atoms with Crippen molar-refractivity contribution < 1.29 is 14.3 Å². The molecule has 4 aliphatic heterocycles. The molecule has 4 saturated heterocycles. The molecule has 1 amide bonds. The molecule has 0 aromatic rings. The maximum atomic E-state index is 12.5. The van der Waals surface area contributed by atoms with Gasteiger partial charge in [-0.3, -0.25) is 14.5 Å². The van der Waals surface area contributed by atoms with Gasteiger partial charge in [0.1, 0.15) is 6.10 Å². The lowest BCUT2D eigenvalue weighted by Gasteiger charge is -2.62. The first-order chi connectivity index (χ1) is 11.0. The van der Waals surface area contributed by atoms with Gasteiger partial charge in [0.2, 0.25) is 5.91 Å². The van der Waals surface area contributed by atoms with Crippen molar-refractivity contribution in [2.75, 3.05) is 0 Å². The summed E-state index contributed by atoms with van der Waals surface area (Å²) in [6.45, 7) is 3.83. The van der Waals surface area contributed by atoms with Gasteiger partial charge in [0, 0.05) is 31.5 Å². The van der Waals surface area contributed by atoms with Gasteiger partial charge in [-0.25, -0.2) is 0 Å². The van der Waals surface area contributed by atoms with Crippen molar-refractivity contribution in [2.24, 2.45) is 5.92 Å². The Bertz CT molecular complexity index is 508. The lowest BCUT2D eigenvalue weighted by atomic mass is 9.75. The number of rotatable bonds is 1. The second-order valence-corrected chi connectivity index (χ2v) is 8.03. The largest absolute Gasteiger partial charge is 0.461 e. The third-order valence-corrected chi connectivity index (χ3v) is 6.40. The molecular weight excluding hydrogens is 292 g/mol. The van der Waals surface area contributed by atoms with Crippen molar-refractivity contribution in [2.45, 2.75) is 95.6 Å². The van der Waals surface area contributed by atoms with E-state index in [2.05, 4.69) is 16.7 Å². The van der Waals surface area contributed by atoms with Crippen molar-refractivity contribution >= 4 is 11.9 Å². The van der Waals surface area contributed by atoms with E-state index in [0.717, 1.165) is 32.1 Å². The first-order valence-corrected chi connectivity index (χ1v) is 9.30. The summed E-state index contributed by atoms with van der Waals surface area (Å²) in [6.07, 6.45) is 8.42. The van der Waals surface area contributed by atoms with Gasteiger partial charge in [-0.2, -0.15) is 0 Å². The minimum Gasteiger partial charge on any atom is -0.461 e. The van der Waals surface area contributed by atoms with Crippen molar-refractivity contribution in [3.8, 4) is 0 Å². The second-order valence-electron chi connectivity index (χ2n) is 8.03. The standard InChI is InChI=1S/C18H28N2O3/c1-11-8-14-10-13-4-3-5-18(22)20(13)17-7-6-16(23-12(2)21)15(9-11)19(14)17/h11,13-17H,3-10H2,1-2H3. The number of ether oxygens (including phenoxy) is 1. The first kappa shape index (κ1) is 15.4. The number of carbonyl (C=O) groups is 2. The van der Waals surface area contributed by atoms with Crippen LogP contribution in [0.25, 0.3) is 0 Å². The number of esters is 1. The molecule has 6 atom stereocenters. The Balaban J connectivity index is 1.63. The zero-order valence-corrected chi connectivity index (χ0v) is 14.2. The van der Waals surface area contributed by atoms with Crippen LogP contribution in [0.15, 0.2) is 0 Å². The predicted octanol–water partition coefficient (Wildman–Crippen LogP) is 2.29. The Kier molecular flexibility index (Phi) is 3.87. The van der Waals surface area contributed by atoms with Crippen LogP contribution in [0, 0.1) is 5.92 Å². The quantitative estimate of drug-likeness (QED) is 0.696. The normalized spacial score (nSPS) is 43.6. The van der Waals surface area contributed by atoms with Gasteiger partial charge in [0.25, 0.3) is 0 Å². The number of amides is 1. The molecule has 23 heavy (non-hydrogen) atoms. The average molecular weight is 320 g/mol. The molecule has 5 heteroatoms. The minimum absolute atomic E-state index is 0.00504. The third kappa shape index (κ3) is 2.57. The van der Waals surface area contributed by atoms with E-state index in [1.807, 2.05) is 0 Å². The van der Waals surface area contributed by atoms with E-state index in [9.17, 15) is 9.59 Å². The van der Waals surface area contributed by atoms with Crippen LogP contribution in [0.2, 0.25) is 0 Å². The summed E-state index contributed by atoms with van der Waals surface area (Å²) in [4.78, 5) is 28.8. The molecule has 0 aromatic carbocycles. The van der Waals surface area contributed by atoms with Crippen LogP contribution in [-0.2, 0) is 14.3 Å². The predicted molar refractivity (Wildman–Crippen MR) is 85.5 cm³/mol. The topological polar surface area (TPSA) is 49.9 Å². The van der Waals surface area contributed by atoms with E-state index in [1.54, 1.807) is 0 Å². The van der Waals surface area contributed by atoms with E-state index in [-0.39, 0.29) is 18.2 Å². The van der Waals surface area contributed by atoms with Crippen molar-refractivity contribution in [3.05, 3.63) is 0 Å². The highest BCUT2D eigenvalue weighted by Crippen LogP contribution is 2.45. The molecule has 5 nitrogen and oxygen atoms in total. The third-order valence-electron chi connectivity index (χ3n) is 6.40. The van der Waals surface area contributed by atoms with Crippen molar-refractivity contribution in [3.63, 3.8) is 0 Å². The highest BCUT2D eigenvalue weighted by atomic mass is 16.5. The van der Waals surface area contributed by atoms with E-state index in [0.29, 0.717) is 36.4 Å². The molecule has 4 heterocycles. The van der Waals surface area contributed by atoms with Gasteiger partial charge in [-0.15, -0.1) is 0 Å². The monoisotopic (exact) mass is 320 g/mol. The number of piperidine rings is 3. The molecule has 4 fully saturated rings. The fourth-order valence-electron chi connectivity index (χ4n) is 5.72. The Hall–Kier alpha value is -1.10. The molecular formula is C18H28N2O3. The molecule has 128 valence electrons. The van der Waals surface area contributed by atoms with E-state index < -0.39 is 0 Å². The average Bonchev–Trinajstić information content (AvgIpc) is 2.48. The van der Waals surface area contributed by atoms with Crippen LogP contribution >= 0.6 is 0 Å². The van der Waals surface area contributed by atoms with E-state index >= 15 is 0 Å². The number of fused-ring (bicyclic) bond motifs is 2. The van der Waals surface area contributed by atoms with Gasteiger partial charge in [-0.1, -0.05) is 6.92 Å². The second kappa shape index (κ2) is 5.76. The Morgan fingerprint density at radius 1 is 1.13 bits per heavy atom. The molecule has 4 aliphatic rings. The van der Waals surface area contributed by atoms with Crippen LogP contribution < -0.4 is 0 Å². The van der Waals surface area contributed by atoms with Crippen LogP contribution in [0.1, 0.15) is 65.2 Å². The molecule has 6 unspecified atom stereocenters. The number of hydrogen-bond acceptors (Lipinski definition) is 4. The van der Waals surface area contributed by atoms with Gasteiger partial charge in [0.15, 0.2) is 0 Å². The number of nitrogens with zero attached hydrogens (tertiary/aromatic N) is 2. The molecule has 0 spiro atoms. The Morgan fingerprint density at radius 2 is 1.96 bits per heavy atom. The Morgan fingerprint density at radius 3 is 2.74 bits per heavy atom. The highest BCUT2D eigenvalue weighted by Gasteiger charge is 2.53. The molecule has 0 aromatic heterocycles. The summed E-state index contributed by atoms with van der Waals surface area (Å²) in [5, 5.41) is 0. The van der Waals surface area contributed by atoms with Gasteiger partial charge >= 0.3 is 5.97 Å². The van der Waals surface area contributed by atoms with Crippen molar-refractivity contribution in [1.29, 1.82) is 0 Å². The van der Waals surface area contributed by atoms with E-state index in [4.69, 9.17) is 4.74 Å². The fourth-order valence-corrected chi connectivity index (χ4v) is 5.72. The first-order valence-electron chi connectivity index (χ1n) is 9.30. The molecule has 4 rings (SSSR count). The zero-order chi connectivity index (χ0) is 16.1. The maximum Gasteiger partial charge on any atom is 0.302 e. The lowest BCUT2D eigenvalue weighted by molar-refractivity contribution is -0.194. The Labute approximate surface area is 138 Å². The van der Waals surface area contributed by atoms with E-state index in [1.165, 1.54) is 19.8 Å². The molecule has 0 saturated carbocycles. The van der Waals surface area contributed by atoms with Crippen LogP contribution in [0.5, 0.6) is 0 Å². The summed E-state index contributed by atoms with van der Waals surface area (Å²) in [7, 11) is 0. The van der Waals surface area contributed by atoms with Gasteiger partial charge in [-0.05, 0) is 50.9 Å². The van der Waals surface area contributed by atoms with Crippen LogP contribution in [-0.4, -0.2) is 52.1 Å². The summed E-state index contributed by atoms with van der Waals surface area (Å²) in [5.41, 5.74) is 0. The smallest absolute Gasteiger partial charge is 0.302 e. The summed E-state index contributed by atoms with van der Waals surface area (Å²) < 4.78 is 5.65. The summed E-state index contributed by atoms with van der Waals surface area (Å²) in [5.74, 6) is 0.837. The SMILES string of the molecule is CC(=O)OC1CCC2N3C(=O)CCCC3CC3CC(C)CC1N32. The summed E-state index contributed by atoms with van der Waals surface area (Å²) >= 11 is 0. The van der Waals surface area contributed by atoms with Crippen LogP contribution in [0.3, 0.4) is 0 Å². The van der Waals surface area contributed by atoms with Crippen LogP contribution in [0.4, 0.5) is 0 Å². The number of carbonyl (C=O) groups excluding carboxylic acids is 2. The van der Waals surface area contributed by atoms with Gasteiger partial charge in [0.05, 0.1) is 6.17 Å². The fraction of sp³-hybridized carbons (Fsp3) is 0.889. The lowest BCUT2D eigenvalue weighted by Crippen LogP contribution is -2.72. The van der Waals surface area contributed by atoms with Crippen molar-refractivity contribution in [1.82, 2.24) is 9.80 Å². The van der Waals surface area contributed by atoms with Gasteiger partial charge < -0.3 is 9.64 Å². The summed E-state index contributed by atoms with van der Waals surface area (Å²) in [6, 6.07) is 1.29. The molecule has 0 bridgehead atoms. The molecule has 0 aliphatic carbocycles.